The Balaban J connectivity index is 1.52. The van der Waals surface area contributed by atoms with Crippen LogP contribution in [0.1, 0.15) is 56.1 Å². The van der Waals surface area contributed by atoms with E-state index in [1.54, 1.807) is 30.3 Å². The lowest BCUT2D eigenvalue weighted by Gasteiger charge is -2.28. The van der Waals surface area contributed by atoms with E-state index in [4.69, 9.17) is 4.74 Å². The molecule has 1 fully saturated rings. The van der Waals surface area contributed by atoms with Crippen molar-refractivity contribution in [1.29, 1.82) is 0 Å². The molecule has 1 saturated carbocycles. The van der Waals surface area contributed by atoms with E-state index in [-0.39, 0.29) is 18.8 Å². The molecular weight excluding hydrogens is 380 g/mol. The van der Waals surface area contributed by atoms with Crippen LogP contribution in [-0.2, 0) is 6.42 Å². The van der Waals surface area contributed by atoms with Gasteiger partial charge >= 0.3 is 6.18 Å². The van der Waals surface area contributed by atoms with E-state index in [1.807, 2.05) is 6.07 Å². The average Bonchev–Trinajstić information content (AvgIpc) is 2.72. The Kier molecular flexibility index (Phi) is 5.58. The Hall–Kier alpha value is -2.04. The number of benzene rings is 2. The summed E-state index contributed by atoms with van der Waals surface area (Å²) in [6.07, 6.45) is 1.45. The van der Waals surface area contributed by atoms with Gasteiger partial charge in [0, 0.05) is 5.56 Å². The Morgan fingerprint density at radius 2 is 1.76 bits per heavy atom. The molecule has 1 aliphatic heterocycles. The first-order valence-electron chi connectivity index (χ1n) is 10.5. The van der Waals surface area contributed by atoms with Crippen LogP contribution in [0.4, 0.5) is 17.6 Å². The molecule has 0 spiro atoms. The molecule has 5 heteroatoms. The predicted molar refractivity (Wildman–Crippen MR) is 106 cm³/mol. The van der Waals surface area contributed by atoms with Gasteiger partial charge in [-0.1, -0.05) is 37.6 Å². The Labute approximate surface area is 169 Å². The second-order valence-corrected chi connectivity index (χ2v) is 8.44. The standard InChI is InChI=1S/C24H26F4O/c1-2-15-3-5-16(6-4-15)17-9-10-21(22(25)12-17)18-7-8-19-11-20(24(26,27)28)14-29-23(19)13-18/h7-10,12-13,15-16,20H,2-6,11,14H2,1H3/t15-,16-,20?. The largest absolute Gasteiger partial charge is 0.493 e. The molecule has 0 N–H and O–H groups in total. The van der Waals surface area contributed by atoms with E-state index in [0.29, 0.717) is 28.4 Å². The molecule has 0 bridgehead atoms. The van der Waals surface area contributed by atoms with Crippen molar-refractivity contribution in [2.75, 3.05) is 6.61 Å². The van der Waals surface area contributed by atoms with Crippen LogP contribution in [0, 0.1) is 17.7 Å². The normalized spacial score (nSPS) is 24.7. The summed E-state index contributed by atoms with van der Waals surface area (Å²) in [6, 6.07) is 10.4. The maximum Gasteiger partial charge on any atom is 0.395 e. The van der Waals surface area contributed by atoms with E-state index < -0.39 is 12.1 Å². The first-order valence-corrected chi connectivity index (χ1v) is 10.5. The van der Waals surface area contributed by atoms with E-state index >= 15 is 0 Å². The smallest absolute Gasteiger partial charge is 0.395 e. The molecule has 29 heavy (non-hydrogen) atoms. The van der Waals surface area contributed by atoms with Crippen molar-refractivity contribution >= 4 is 0 Å². The van der Waals surface area contributed by atoms with Crippen molar-refractivity contribution in [3.63, 3.8) is 0 Å². The van der Waals surface area contributed by atoms with Crippen LogP contribution in [0.15, 0.2) is 36.4 Å². The van der Waals surface area contributed by atoms with Crippen molar-refractivity contribution in [1.82, 2.24) is 0 Å². The zero-order chi connectivity index (χ0) is 20.6. The Morgan fingerprint density at radius 3 is 2.41 bits per heavy atom. The van der Waals surface area contributed by atoms with Gasteiger partial charge in [-0.3, -0.25) is 0 Å². The van der Waals surface area contributed by atoms with Crippen LogP contribution >= 0.6 is 0 Å². The van der Waals surface area contributed by atoms with Crippen LogP contribution in [0.25, 0.3) is 11.1 Å². The first kappa shape index (κ1) is 20.2. The molecule has 156 valence electrons. The van der Waals surface area contributed by atoms with Gasteiger partial charge in [0.1, 0.15) is 18.2 Å². The van der Waals surface area contributed by atoms with Gasteiger partial charge < -0.3 is 4.74 Å². The highest BCUT2D eigenvalue weighted by atomic mass is 19.4. The SMILES string of the molecule is CC[C@H]1CC[C@H](c2ccc(-c3ccc4c(c3)OCC(C(F)(F)F)C4)c(F)c2)CC1. The van der Waals surface area contributed by atoms with Gasteiger partial charge in [-0.2, -0.15) is 13.2 Å². The molecule has 1 unspecified atom stereocenters. The maximum atomic E-state index is 14.9. The fourth-order valence-corrected chi connectivity index (χ4v) is 4.67. The number of hydrogen-bond donors (Lipinski definition) is 0. The molecule has 0 amide bonds. The third-order valence-corrected chi connectivity index (χ3v) is 6.64. The second kappa shape index (κ2) is 8.00. The molecule has 2 aromatic carbocycles. The zero-order valence-electron chi connectivity index (χ0n) is 16.6. The summed E-state index contributed by atoms with van der Waals surface area (Å²) in [6.45, 7) is 1.84. The third-order valence-electron chi connectivity index (χ3n) is 6.64. The summed E-state index contributed by atoms with van der Waals surface area (Å²) in [5.41, 5.74) is 2.66. The van der Waals surface area contributed by atoms with Crippen LogP contribution in [-0.4, -0.2) is 12.8 Å². The summed E-state index contributed by atoms with van der Waals surface area (Å²) in [5.74, 6) is -0.150. The lowest BCUT2D eigenvalue weighted by molar-refractivity contribution is -0.183. The zero-order valence-corrected chi connectivity index (χ0v) is 16.6. The van der Waals surface area contributed by atoms with Gasteiger partial charge in [0.15, 0.2) is 0 Å². The van der Waals surface area contributed by atoms with Gasteiger partial charge in [0.2, 0.25) is 0 Å². The molecule has 0 radical (unpaired) electrons. The summed E-state index contributed by atoms with van der Waals surface area (Å²) >= 11 is 0. The monoisotopic (exact) mass is 406 g/mol. The van der Waals surface area contributed by atoms with E-state index in [0.717, 1.165) is 24.3 Å². The number of hydrogen-bond acceptors (Lipinski definition) is 1. The molecule has 1 atom stereocenters. The minimum atomic E-state index is -4.27. The van der Waals surface area contributed by atoms with Gasteiger partial charge in [-0.05, 0) is 72.8 Å². The lowest BCUT2D eigenvalue weighted by atomic mass is 9.77. The number of halogens is 4. The van der Waals surface area contributed by atoms with Gasteiger partial charge in [-0.25, -0.2) is 4.39 Å². The molecule has 1 nitrogen and oxygen atoms in total. The number of rotatable bonds is 3. The molecule has 1 aliphatic carbocycles. The molecule has 1 heterocycles. The van der Waals surface area contributed by atoms with Crippen LogP contribution in [0.2, 0.25) is 0 Å². The van der Waals surface area contributed by atoms with Gasteiger partial charge in [0.05, 0.1) is 5.92 Å². The highest BCUT2D eigenvalue weighted by molar-refractivity contribution is 5.67. The fraction of sp³-hybridized carbons (Fsp3) is 0.500. The lowest BCUT2D eigenvalue weighted by Crippen LogP contribution is -2.33. The highest BCUT2D eigenvalue weighted by Crippen LogP contribution is 2.40. The first-order chi connectivity index (χ1) is 13.8. The van der Waals surface area contributed by atoms with Crippen LogP contribution < -0.4 is 4.74 Å². The summed E-state index contributed by atoms with van der Waals surface area (Å²) in [5, 5.41) is 0. The second-order valence-electron chi connectivity index (χ2n) is 8.44. The molecule has 2 aliphatic rings. The molecular formula is C24H26F4O. The average molecular weight is 406 g/mol. The van der Waals surface area contributed by atoms with Crippen molar-refractivity contribution in [2.24, 2.45) is 11.8 Å². The van der Waals surface area contributed by atoms with Gasteiger partial charge in [0.25, 0.3) is 0 Å². The summed E-state index contributed by atoms with van der Waals surface area (Å²) in [7, 11) is 0. The Bertz CT molecular complexity index is 866. The van der Waals surface area contributed by atoms with E-state index in [1.165, 1.54) is 19.3 Å². The molecule has 2 aromatic rings. The fourth-order valence-electron chi connectivity index (χ4n) is 4.67. The number of alkyl halides is 3. The number of ether oxygens (including phenoxy) is 1. The van der Waals surface area contributed by atoms with Gasteiger partial charge in [-0.15, -0.1) is 0 Å². The molecule has 4 rings (SSSR count). The minimum absolute atomic E-state index is 0.0963. The van der Waals surface area contributed by atoms with Crippen molar-refractivity contribution < 1.29 is 22.3 Å². The predicted octanol–water partition coefficient (Wildman–Crippen LogP) is 7.29. The summed E-state index contributed by atoms with van der Waals surface area (Å²) in [4.78, 5) is 0. The topological polar surface area (TPSA) is 9.23 Å². The highest BCUT2D eigenvalue weighted by Gasteiger charge is 2.42. The van der Waals surface area contributed by atoms with Crippen LogP contribution in [0.5, 0.6) is 5.75 Å². The van der Waals surface area contributed by atoms with Crippen molar-refractivity contribution in [3.05, 3.63) is 53.3 Å². The van der Waals surface area contributed by atoms with Crippen molar-refractivity contribution in [2.45, 2.75) is 57.5 Å². The minimum Gasteiger partial charge on any atom is -0.493 e. The molecule has 0 aromatic heterocycles. The van der Waals surface area contributed by atoms with Crippen LogP contribution in [0.3, 0.4) is 0 Å². The summed E-state index contributed by atoms with van der Waals surface area (Å²) < 4.78 is 59.1. The molecule has 0 saturated heterocycles. The van der Waals surface area contributed by atoms with E-state index in [9.17, 15) is 17.6 Å². The number of fused-ring (bicyclic) bond motifs is 1. The van der Waals surface area contributed by atoms with Crippen molar-refractivity contribution in [3.8, 4) is 16.9 Å². The Morgan fingerprint density at radius 1 is 1.00 bits per heavy atom. The third kappa shape index (κ3) is 4.29. The quantitative estimate of drug-likeness (QED) is 0.486. The maximum absolute atomic E-state index is 14.9. The van der Waals surface area contributed by atoms with E-state index in [2.05, 4.69) is 6.92 Å².